The third-order valence-electron chi connectivity index (χ3n) is 7.77. The summed E-state index contributed by atoms with van der Waals surface area (Å²) in [5.41, 5.74) is 4.32. The fourth-order valence-electron chi connectivity index (χ4n) is 5.23. The predicted octanol–water partition coefficient (Wildman–Crippen LogP) is 5.66. The van der Waals surface area contributed by atoms with Gasteiger partial charge >= 0.3 is 6.03 Å². The topological polar surface area (TPSA) is 95.4 Å². The quantitative estimate of drug-likeness (QED) is 0.433. The normalized spacial score (nSPS) is 19.5. The first kappa shape index (κ1) is 27.7. The summed E-state index contributed by atoms with van der Waals surface area (Å²) in [6.45, 7) is 16.0. The molecular weight excluding hydrogens is 502 g/mol. The Balaban J connectivity index is 1.29. The summed E-state index contributed by atoms with van der Waals surface area (Å²) in [5.74, 6) is 2.01. The highest BCUT2D eigenvalue weighted by atomic mass is 16.2. The van der Waals surface area contributed by atoms with E-state index in [0.29, 0.717) is 24.0 Å². The molecule has 1 aromatic carbocycles. The van der Waals surface area contributed by atoms with Gasteiger partial charge in [0.05, 0.1) is 23.3 Å². The molecule has 0 unspecified atom stereocenters. The van der Waals surface area contributed by atoms with Crippen molar-refractivity contribution in [2.45, 2.75) is 78.8 Å². The molecular formula is C31H41N7O2. The Morgan fingerprint density at radius 3 is 2.27 bits per heavy atom. The second-order valence-corrected chi connectivity index (χ2v) is 12.5. The van der Waals surface area contributed by atoms with Crippen molar-refractivity contribution in [3.8, 4) is 5.69 Å². The number of aromatic nitrogens is 3. The number of nitrogens with one attached hydrogen (secondary N) is 2. The molecule has 0 spiro atoms. The number of anilines is 3. The summed E-state index contributed by atoms with van der Waals surface area (Å²) in [6, 6.07) is 11.8. The summed E-state index contributed by atoms with van der Waals surface area (Å²) in [7, 11) is 0. The first-order valence-electron chi connectivity index (χ1n) is 14.2. The van der Waals surface area contributed by atoms with Crippen LogP contribution in [0.25, 0.3) is 5.69 Å². The van der Waals surface area contributed by atoms with Crippen LogP contribution in [0.2, 0.25) is 0 Å². The van der Waals surface area contributed by atoms with Gasteiger partial charge in [-0.3, -0.25) is 10.1 Å². The number of hydrogen-bond donors (Lipinski definition) is 2. The smallest absolute Gasteiger partial charge is 0.324 e. The number of benzene rings is 1. The zero-order chi connectivity index (χ0) is 28.8. The van der Waals surface area contributed by atoms with Crippen LogP contribution in [0, 0.1) is 19.8 Å². The SMILES string of the molecule is Cc1ccc(-n2nc(C(C)(C)C)cc2NC(=O)Nc2cnc(N3C[C@H](C)N(C(=O)C4CC4)C[C@H]3C)c(C)c2)cc1. The van der Waals surface area contributed by atoms with Crippen LogP contribution in [0.15, 0.2) is 42.6 Å². The fourth-order valence-corrected chi connectivity index (χ4v) is 5.23. The summed E-state index contributed by atoms with van der Waals surface area (Å²) in [6.07, 6.45) is 3.74. The number of amides is 3. The van der Waals surface area contributed by atoms with E-state index in [-0.39, 0.29) is 29.4 Å². The van der Waals surface area contributed by atoms with E-state index in [1.165, 1.54) is 0 Å². The Hall–Kier alpha value is -3.88. The summed E-state index contributed by atoms with van der Waals surface area (Å²) in [5, 5.41) is 10.7. The van der Waals surface area contributed by atoms with Gasteiger partial charge in [-0.2, -0.15) is 5.10 Å². The second kappa shape index (κ2) is 10.6. The van der Waals surface area contributed by atoms with Crippen molar-refractivity contribution in [2.24, 2.45) is 5.92 Å². The maximum atomic E-state index is 13.1. The molecule has 3 heterocycles. The van der Waals surface area contributed by atoms with Crippen molar-refractivity contribution >= 4 is 29.3 Å². The standard InChI is InChI=1S/C31H41N7O2/c1-19-8-12-25(13-9-19)38-27(15-26(35-38)31(5,6)7)34-30(40)33-24-14-20(2)28(32-16-24)36-17-22(4)37(18-21(36)3)29(39)23-10-11-23/h8-9,12-16,21-23H,10-11,17-18H2,1-7H3,(H2,33,34,40)/t21-,22+/m1/s1. The molecule has 2 fully saturated rings. The molecule has 2 atom stereocenters. The number of urea groups is 1. The monoisotopic (exact) mass is 543 g/mol. The predicted molar refractivity (Wildman–Crippen MR) is 159 cm³/mol. The Bertz CT molecular complexity index is 1400. The van der Waals surface area contributed by atoms with Crippen molar-refractivity contribution in [1.82, 2.24) is 19.7 Å². The zero-order valence-corrected chi connectivity index (χ0v) is 24.7. The molecule has 1 saturated carbocycles. The van der Waals surface area contributed by atoms with Gasteiger partial charge in [-0.25, -0.2) is 14.5 Å². The van der Waals surface area contributed by atoms with Gasteiger partial charge in [0.25, 0.3) is 0 Å². The lowest BCUT2D eigenvalue weighted by atomic mass is 9.92. The van der Waals surface area contributed by atoms with Crippen molar-refractivity contribution in [1.29, 1.82) is 0 Å². The number of aryl methyl sites for hydroxylation is 2. The second-order valence-electron chi connectivity index (χ2n) is 12.5. The maximum Gasteiger partial charge on any atom is 0.324 e. The van der Waals surface area contributed by atoms with Gasteiger partial charge in [0.1, 0.15) is 11.6 Å². The molecule has 2 aliphatic rings. The van der Waals surface area contributed by atoms with E-state index in [1.807, 2.05) is 55.1 Å². The Morgan fingerprint density at radius 1 is 0.950 bits per heavy atom. The third kappa shape index (κ3) is 5.83. The van der Waals surface area contributed by atoms with Crippen LogP contribution in [0.3, 0.4) is 0 Å². The number of carbonyl (C=O) groups is 2. The Labute approximate surface area is 237 Å². The molecule has 3 aromatic rings. The van der Waals surface area contributed by atoms with Gasteiger partial charge in [-0.05, 0) is 64.3 Å². The molecule has 9 nitrogen and oxygen atoms in total. The van der Waals surface area contributed by atoms with E-state index in [4.69, 9.17) is 10.1 Å². The number of carbonyl (C=O) groups excluding carboxylic acids is 2. The first-order valence-corrected chi connectivity index (χ1v) is 14.2. The van der Waals surface area contributed by atoms with Crippen molar-refractivity contribution in [2.75, 3.05) is 28.6 Å². The molecule has 9 heteroatoms. The van der Waals surface area contributed by atoms with E-state index < -0.39 is 0 Å². The summed E-state index contributed by atoms with van der Waals surface area (Å²) in [4.78, 5) is 34.9. The van der Waals surface area contributed by atoms with Crippen LogP contribution in [-0.2, 0) is 10.2 Å². The molecule has 0 radical (unpaired) electrons. The van der Waals surface area contributed by atoms with Gasteiger partial charge in [0.15, 0.2) is 0 Å². The molecule has 1 aliphatic heterocycles. The minimum atomic E-state index is -0.364. The highest BCUT2D eigenvalue weighted by Gasteiger charge is 2.39. The zero-order valence-electron chi connectivity index (χ0n) is 24.7. The number of rotatable bonds is 5. The Morgan fingerprint density at radius 2 is 1.65 bits per heavy atom. The molecule has 2 aromatic heterocycles. The van der Waals surface area contributed by atoms with Crippen LogP contribution in [0.1, 0.15) is 64.3 Å². The van der Waals surface area contributed by atoms with Crippen LogP contribution < -0.4 is 15.5 Å². The number of piperazine rings is 1. The van der Waals surface area contributed by atoms with E-state index in [9.17, 15) is 9.59 Å². The third-order valence-corrected chi connectivity index (χ3v) is 7.77. The molecule has 40 heavy (non-hydrogen) atoms. The number of hydrogen-bond acceptors (Lipinski definition) is 5. The van der Waals surface area contributed by atoms with Gasteiger partial charge in [0.2, 0.25) is 5.91 Å². The van der Waals surface area contributed by atoms with Gasteiger partial charge in [0, 0.05) is 42.6 Å². The average molecular weight is 544 g/mol. The average Bonchev–Trinajstić information content (AvgIpc) is 3.65. The largest absolute Gasteiger partial charge is 0.350 e. The lowest BCUT2D eigenvalue weighted by Gasteiger charge is -2.45. The van der Waals surface area contributed by atoms with Crippen LogP contribution in [-0.4, -0.2) is 56.8 Å². The number of pyridine rings is 1. The minimum absolute atomic E-state index is 0.130. The number of nitrogens with zero attached hydrogens (tertiary/aromatic N) is 5. The molecule has 1 aliphatic carbocycles. The van der Waals surface area contributed by atoms with Gasteiger partial charge in [-0.15, -0.1) is 0 Å². The lowest BCUT2D eigenvalue weighted by Crippen LogP contribution is -2.58. The van der Waals surface area contributed by atoms with E-state index in [0.717, 1.165) is 47.7 Å². The molecule has 5 rings (SSSR count). The fraction of sp³-hybridized carbons (Fsp3) is 0.484. The van der Waals surface area contributed by atoms with Crippen LogP contribution in [0.5, 0.6) is 0 Å². The van der Waals surface area contributed by atoms with Crippen LogP contribution >= 0.6 is 0 Å². The minimum Gasteiger partial charge on any atom is -0.350 e. The highest BCUT2D eigenvalue weighted by molar-refractivity contribution is 5.99. The van der Waals surface area contributed by atoms with Crippen molar-refractivity contribution in [3.63, 3.8) is 0 Å². The Kier molecular flexibility index (Phi) is 7.33. The molecule has 1 saturated heterocycles. The maximum absolute atomic E-state index is 13.1. The molecule has 212 valence electrons. The first-order chi connectivity index (χ1) is 18.9. The summed E-state index contributed by atoms with van der Waals surface area (Å²) >= 11 is 0. The molecule has 2 N–H and O–H groups in total. The molecule has 3 amide bonds. The van der Waals surface area contributed by atoms with Crippen molar-refractivity contribution < 1.29 is 9.59 Å². The van der Waals surface area contributed by atoms with E-state index in [1.54, 1.807) is 10.9 Å². The van der Waals surface area contributed by atoms with Crippen LogP contribution in [0.4, 0.5) is 22.1 Å². The highest BCUT2D eigenvalue weighted by Crippen LogP contribution is 2.34. The summed E-state index contributed by atoms with van der Waals surface area (Å²) < 4.78 is 1.77. The van der Waals surface area contributed by atoms with Crippen molar-refractivity contribution in [3.05, 3.63) is 59.4 Å². The molecule has 0 bridgehead atoms. The lowest BCUT2D eigenvalue weighted by molar-refractivity contribution is -0.135. The van der Waals surface area contributed by atoms with Gasteiger partial charge < -0.3 is 15.1 Å². The van der Waals surface area contributed by atoms with E-state index in [2.05, 4.69) is 50.2 Å². The van der Waals surface area contributed by atoms with Gasteiger partial charge in [-0.1, -0.05) is 38.5 Å². The van der Waals surface area contributed by atoms with E-state index >= 15 is 0 Å².